The Labute approximate surface area is 124 Å². The standard InChI is InChI=1S/C16H22BrNO/c1-11(2)15(8-9-17)18-16(19)14-7-6-12-4-3-5-13(12)10-14/h6-7,10-11,15H,3-5,8-9H2,1-2H3,(H,18,19). The number of nitrogens with one attached hydrogen (secondary N) is 1. The third-order valence-corrected chi connectivity index (χ3v) is 4.36. The Balaban J connectivity index is 2.07. The van der Waals surface area contributed by atoms with E-state index in [1.807, 2.05) is 6.07 Å². The van der Waals surface area contributed by atoms with Crippen molar-refractivity contribution in [3.05, 3.63) is 34.9 Å². The highest BCUT2D eigenvalue weighted by Crippen LogP contribution is 2.23. The molecule has 0 fully saturated rings. The lowest BCUT2D eigenvalue weighted by Crippen LogP contribution is -2.38. The van der Waals surface area contributed by atoms with Crippen LogP contribution < -0.4 is 5.32 Å². The second kappa shape index (κ2) is 6.56. The second-order valence-electron chi connectivity index (χ2n) is 5.64. The molecule has 1 amide bonds. The Morgan fingerprint density at radius 3 is 2.74 bits per heavy atom. The molecule has 1 unspecified atom stereocenters. The molecule has 104 valence electrons. The minimum atomic E-state index is 0.0642. The summed E-state index contributed by atoms with van der Waals surface area (Å²) in [4.78, 5) is 12.3. The SMILES string of the molecule is CC(C)C(CCBr)NC(=O)c1ccc2c(c1)CCC2. The van der Waals surface area contributed by atoms with E-state index in [4.69, 9.17) is 0 Å². The minimum absolute atomic E-state index is 0.0642. The number of benzene rings is 1. The maximum absolute atomic E-state index is 12.3. The van der Waals surface area contributed by atoms with E-state index in [1.54, 1.807) is 0 Å². The Hall–Kier alpha value is -0.830. The van der Waals surface area contributed by atoms with Crippen molar-refractivity contribution in [1.82, 2.24) is 5.32 Å². The average molecular weight is 324 g/mol. The van der Waals surface area contributed by atoms with Crippen LogP contribution in [-0.4, -0.2) is 17.3 Å². The van der Waals surface area contributed by atoms with Gasteiger partial charge in [-0.1, -0.05) is 35.8 Å². The summed E-state index contributed by atoms with van der Waals surface area (Å²) in [5, 5.41) is 4.07. The largest absolute Gasteiger partial charge is 0.349 e. The van der Waals surface area contributed by atoms with Crippen LogP contribution in [0.25, 0.3) is 0 Å². The van der Waals surface area contributed by atoms with E-state index in [-0.39, 0.29) is 11.9 Å². The Kier molecular flexibility index (Phi) is 5.03. The number of aryl methyl sites for hydroxylation is 2. The molecule has 0 bridgehead atoms. The quantitative estimate of drug-likeness (QED) is 0.822. The fourth-order valence-corrected chi connectivity index (χ4v) is 3.15. The third kappa shape index (κ3) is 3.59. The molecular weight excluding hydrogens is 302 g/mol. The number of hydrogen-bond acceptors (Lipinski definition) is 1. The van der Waals surface area contributed by atoms with Crippen LogP contribution in [0.2, 0.25) is 0 Å². The van der Waals surface area contributed by atoms with E-state index in [2.05, 4.69) is 47.2 Å². The van der Waals surface area contributed by atoms with E-state index in [0.29, 0.717) is 5.92 Å². The summed E-state index contributed by atoms with van der Waals surface area (Å²) < 4.78 is 0. The Morgan fingerprint density at radius 2 is 2.05 bits per heavy atom. The van der Waals surface area contributed by atoms with Crippen LogP contribution in [0, 0.1) is 5.92 Å². The first kappa shape index (κ1) is 14.6. The maximum Gasteiger partial charge on any atom is 0.251 e. The highest BCUT2D eigenvalue weighted by atomic mass is 79.9. The zero-order valence-corrected chi connectivity index (χ0v) is 13.3. The van der Waals surface area contributed by atoms with E-state index in [1.165, 1.54) is 17.5 Å². The maximum atomic E-state index is 12.3. The second-order valence-corrected chi connectivity index (χ2v) is 6.43. The topological polar surface area (TPSA) is 29.1 Å². The van der Waals surface area contributed by atoms with Gasteiger partial charge in [0.2, 0.25) is 0 Å². The molecule has 3 heteroatoms. The molecule has 0 saturated heterocycles. The lowest BCUT2D eigenvalue weighted by Gasteiger charge is -2.21. The number of alkyl halides is 1. The number of carbonyl (C=O) groups excluding carboxylic acids is 1. The summed E-state index contributed by atoms with van der Waals surface area (Å²) in [6, 6.07) is 6.39. The molecule has 0 saturated carbocycles. The van der Waals surface area contributed by atoms with Crippen LogP contribution in [0.15, 0.2) is 18.2 Å². The van der Waals surface area contributed by atoms with Crippen LogP contribution in [0.4, 0.5) is 0 Å². The predicted molar refractivity (Wildman–Crippen MR) is 83.0 cm³/mol. The summed E-state index contributed by atoms with van der Waals surface area (Å²) in [5.41, 5.74) is 3.58. The summed E-state index contributed by atoms with van der Waals surface area (Å²) in [7, 11) is 0. The summed E-state index contributed by atoms with van der Waals surface area (Å²) in [5.74, 6) is 0.519. The lowest BCUT2D eigenvalue weighted by molar-refractivity contribution is 0.0925. The zero-order valence-electron chi connectivity index (χ0n) is 11.7. The van der Waals surface area contributed by atoms with Gasteiger partial charge < -0.3 is 5.32 Å². The van der Waals surface area contributed by atoms with E-state index in [0.717, 1.165) is 30.2 Å². The first-order valence-electron chi connectivity index (χ1n) is 7.10. The Morgan fingerprint density at radius 1 is 1.32 bits per heavy atom. The van der Waals surface area contributed by atoms with Crippen LogP contribution in [0.1, 0.15) is 48.2 Å². The molecule has 2 nitrogen and oxygen atoms in total. The van der Waals surface area contributed by atoms with Crippen molar-refractivity contribution in [1.29, 1.82) is 0 Å². The summed E-state index contributed by atoms with van der Waals surface area (Å²) in [6.07, 6.45) is 4.47. The van der Waals surface area contributed by atoms with Crippen molar-refractivity contribution in [2.24, 2.45) is 5.92 Å². The van der Waals surface area contributed by atoms with Gasteiger partial charge in [-0.15, -0.1) is 0 Å². The molecule has 1 aliphatic rings. The van der Waals surface area contributed by atoms with Crippen LogP contribution in [-0.2, 0) is 12.8 Å². The molecule has 0 aromatic heterocycles. The number of hydrogen-bond donors (Lipinski definition) is 1. The lowest BCUT2D eigenvalue weighted by atomic mass is 10.0. The predicted octanol–water partition coefficient (Wildman–Crippen LogP) is 3.71. The molecule has 0 spiro atoms. The van der Waals surface area contributed by atoms with E-state index >= 15 is 0 Å². The molecule has 1 aromatic carbocycles. The van der Waals surface area contributed by atoms with E-state index < -0.39 is 0 Å². The number of fused-ring (bicyclic) bond motifs is 1. The van der Waals surface area contributed by atoms with Gasteiger partial charge in [0.25, 0.3) is 5.91 Å². The van der Waals surface area contributed by atoms with Crippen LogP contribution in [0.3, 0.4) is 0 Å². The van der Waals surface area contributed by atoms with Crippen LogP contribution >= 0.6 is 15.9 Å². The van der Waals surface area contributed by atoms with Crippen molar-refractivity contribution >= 4 is 21.8 Å². The summed E-state index contributed by atoms with van der Waals surface area (Å²) >= 11 is 3.45. The van der Waals surface area contributed by atoms with Crippen molar-refractivity contribution in [2.75, 3.05) is 5.33 Å². The molecule has 1 aromatic rings. The fourth-order valence-electron chi connectivity index (χ4n) is 2.65. The van der Waals surface area contributed by atoms with Crippen molar-refractivity contribution in [2.45, 2.75) is 45.6 Å². The molecule has 2 rings (SSSR count). The number of amides is 1. The van der Waals surface area contributed by atoms with Crippen molar-refractivity contribution < 1.29 is 4.79 Å². The van der Waals surface area contributed by atoms with Gasteiger partial charge in [-0.2, -0.15) is 0 Å². The molecule has 0 aliphatic heterocycles. The summed E-state index contributed by atoms with van der Waals surface area (Å²) in [6.45, 7) is 4.30. The average Bonchev–Trinajstić information content (AvgIpc) is 2.85. The molecule has 1 aliphatic carbocycles. The number of halogens is 1. The van der Waals surface area contributed by atoms with Gasteiger partial charge in [0.1, 0.15) is 0 Å². The van der Waals surface area contributed by atoms with Crippen molar-refractivity contribution in [3.8, 4) is 0 Å². The van der Waals surface area contributed by atoms with Gasteiger partial charge in [-0.25, -0.2) is 0 Å². The molecule has 0 radical (unpaired) electrons. The minimum Gasteiger partial charge on any atom is -0.349 e. The molecule has 19 heavy (non-hydrogen) atoms. The molecule has 0 heterocycles. The van der Waals surface area contributed by atoms with Gasteiger partial charge in [-0.05, 0) is 54.9 Å². The van der Waals surface area contributed by atoms with Gasteiger partial charge in [0.05, 0.1) is 0 Å². The number of rotatable bonds is 5. The third-order valence-electron chi connectivity index (χ3n) is 3.90. The van der Waals surface area contributed by atoms with Gasteiger partial charge in [-0.3, -0.25) is 4.79 Å². The van der Waals surface area contributed by atoms with E-state index in [9.17, 15) is 4.79 Å². The highest BCUT2D eigenvalue weighted by Gasteiger charge is 2.18. The molecular formula is C16H22BrNO. The molecule has 1 atom stereocenters. The number of carbonyl (C=O) groups is 1. The normalized spacial score (nSPS) is 15.4. The highest BCUT2D eigenvalue weighted by molar-refractivity contribution is 9.09. The van der Waals surface area contributed by atoms with Crippen LogP contribution in [0.5, 0.6) is 0 Å². The first-order valence-corrected chi connectivity index (χ1v) is 8.22. The Bertz CT molecular complexity index is 456. The van der Waals surface area contributed by atoms with Crippen molar-refractivity contribution in [3.63, 3.8) is 0 Å². The zero-order chi connectivity index (χ0) is 13.8. The first-order chi connectivity index (χ1) is 9.11. The monoisotopic (exact) mass is 323 g/mol. The van der Waals surface area contributed by atoms with Gasteiger partial charge in [0.15, 0.2) is 0 Å². The van der Waals surface area contributed by atoms with Gasteiger partial charge >= 0.3 is 0 Å². The fraction of sp³-hybridized carbons (Fsp3) is 0.562. The molecule has 1 N–H and O–H groups in total. The smallest absolute Gasteiger partial charge is 0.251 e. The van der Waals surface area contributed by atoms with Gasteiger partial charge in [0, 0.05) is 16.9 Å².